The second kappa shape index (κ2) is 5.21. The third-order valence-corrected chi connectivity index (χ3v) is 0.568. The minimum absolute atomic E-state index is 0.958. The van der Waals surface area contributed by atoms with Gasteiger partial charge in [0.25, 0.3) is 0 Å². The van der Waals surface area contributed by atoms with E-state index in [1.807, 2.05) is 0 Å². The number of rotatable bonds is 0. The van der Waals surface area contributed by atoms with Gasteiger partial charge in [-0.3, -0.25) is 4.99 Å². The Kier molecular flexibility index (Phi) is 4.62. The fourth-order valence-electron chi connectivity index (χ4n) is 0.323. The van der Waals surface area contributed by atoms with Crippen molar-refractivity contribution in [3.8, 4) is 0 Å². The smallest absolute Gasteiger partial charge is 0.0825 e. The predicted molar refractivity (Wildman–Crippen MR) is 32.6 cm³/mol. The van der Waals surface area contributed by atoms with Crippen molar-refractivity contribution in [2.45, 2.75) is 0 Å². The van der Waals surface area contributed by atoms with Crippen molar-refractivity contribution >= 4 is 6.34 Å². The number of nitrogens with one attached hydrogen (secondary N) is 1. The van der Waals surface area contributed by atoms with E-state index in [-0.39, 0.29) is 0 Å². The summed E-state index contributed by atoms with van der Waals surface area (Å²) in [6.45, 7) is 7.99. The highest BCUT2D eigenvalue weighted by atomic mass is 15.0. The molecule has 1 aliphatic heterocycles. The van der Waals surface area contributed by atoms with Crippen LogP contribution in [0, 0.1) is 0 Å². The third kappa shape index (κ3) is 3.03. The van der Waals surface area contributed by atoms with Gasteiger partial charge in [-0.25, -0.2) is 0 Å². The molecule has 0 fully saturated rings. The van der Waals surface area contributed by atoms with Crippen LogP contribution >= 0.6 is 0 Å². The SMILES string of the molecule is C1=NCCN1.C=C. The van der Waals surface area contributed by atoms with Gasteiger partial charge in [0.1, 0.15) is 0 Å². The quantitative estimate of drug-likeness (QED) is 0.436. The summed E-state index contributed by atoms with van der Waals surface area (Å²) in [7, 11) is 0. The van der Waals surface area contributed by atoms with E-state index >= 15 is 0 Å². The molecular formula is C5H10N2. The van der Waals surface area contributed by atoms with Crippen LogP contribution in [0.1, 0.15) is 0 Å². The molecule has 0 atom stereocenters. The van der Waals surface area contributed by atoms with Crippen molar-refractivity contribution in [3.05, 3.63) is 13.2 Å². The topological polar surface area (TPSA) is 24.4 Å². The van der Waals surface area contributed by atoms with Gasteiger partial charge < -0.3 is 5.32 Å². The van der Waals surface area contributed by atoms with E-state index in [1.54, 1.807) is 6.34 Å². The highest BCUT2D eigenvalue weighted by Crippen LogP contribution is 1.68. The summed E-state index contributed by atoms with van der Waals surface area (Å²) < 4.78 is 0. The van der Waals surface area contributed by atoms with Gasteiger partial charge in [0, 0.05) is 6.54 Å². The second-order valence-electron chi connectivity index (χ2n) is 0.989. The number of hydrogen-bond acceptors (Lipinski definition) is 2. The zero-order valence-electron chi connectivity index (χ0n) is 4.35. The van der Waals surface area contributed by atoms with Crippen molar-refractivity contribution in [1.82, 2.24) is 5.32 Å². The fourth-order valence-corrected chi connectivity index (χ4v) is 0.323. The largest absolute Gasteiger partial charge is 0.375 e. The summed E-state index contributed by atoms with van der Waals surface area (Å²) in [6.07, 6.45) is 1.74. The first-order valence-corrected chi connectivity index (χ1v) is 2.22. The van der Waals surface area contributed by atoms with Gasteiger partial charge in [-0.15, -0.1) is 13.2 Å². The zero-order valence-corrected chi connectivity index (χ0v) is 4.35. The van der Waals surface area contributed by atoms with Crippen LogP contribution in [0.2, 0.25) is 0 Å². The summed E-state index contributed by atoms with van der Waals surface area (Å²) in [5, 5.41) is 2.93. The Balaban J connectivity index is 0.000000162. The van der Waals surface area contributed by atoms with Gasteiger partial charge in [0.2, 0.25) is 0 Å². The third-order valence-electron chi connectivity index (χ3n) is 0.568. The molecule has 0 radical (unpaired) electrons. The van der Waals surface area contributed by atoms with Gasteiger partial charge >= 0.3 is 0 Å². The van der Waals surface area contributed by atoms with Gasteiger partial charge in [-0.05, 0) is 0 Å². The van der Waals surface area contributed by atoms with Crippen LogP contribution in [0.4, 0.5) is 0 Å². The molecule has 2 heteroatoms. The van der Waals surface area contributed by atoms with E-state index in [4.69, 9.17) is 0 Å². The van der Waals surface area contributed by atoms with E-state index in [2.05, 4.69) is 23.5 Å². The lowest BCUT2D eigenvalue weighted by atomic mass is 10.7. The van der Waals surface area contributed by atoms with E-state index < -0.39 is 0 Å². The second-order valence-corrected chi connectivity index (χ2v) is 0.989. The molecule has 0 aromatic carbocycles. The molecule has 0 unspecified atom stereocenters. The molecule has 0 aromatic rings. The average Bonchev–Trinajstić information content (AvgIpc) is 2.23. The molecular weight excluding hydrogens is 88.1 g/mol. The lowest BCUT2D eigenvalue weighted by Gasteiger charge is -1.75. The van der Waals surface area contributed by atoms with Crippen LogP contribution in [-0.4, -0.2) is 19.4 Å². The Morgan fingerprint density at radius 2 is 2.29 bits per heavy atom. The summed E-state index contributed by atoms with van der Waals surface area (Å²) >= 11 is 0. The van der Waals surface area contributed by atoms with Gasteiger partial charge in [0.05, 0.1) is 12.9 Å². The standard InChI is InChI=1S/C3H6N2.C2H4/c1-2-5-3-4-1;1-2/h3H,1-2H2,(H,4,5);1-2H2. The van der Waals surface area contributed by atoms with Gasteiger partial charge in [0.15, 0.2) is 0 Å². The first-order chi connectivity index (χ1) is 3.50. The minimum Gasteiger partial charge on any atom is -0.375 e. The number of hydrogen-bond donors (Lipinski definition) is 1. The van der Waals surface area contributed by atoms with Crippen LogP contribution in [0.5, 0.6) is 0 Å². The van der Waals surface area contributed by atoms with Crippen LogP contribution < -0.4 is 5.32 Å². The molecule has 0 spiro atoms. The van der Waals surface area contributed by atoms with E-state index in [0.29, 0.717) is 0 Å². The Labute approximate surface area is 44.0 Å². The van der Waals surface area contributed by atoms with Crippen molar-refractivity contribution in [2.24, 2.45) is 4.99 Å². The Morgan fingerprint density at radius 3 is 2.43 bits per heavy atom. The molecule has 2 nitrogen and oxygen atoms in total. The van der Waals surface area contributed by atoms with Crippen LogP contribution in [0.25, 0.3) is 0 Å². The van der Waals surface area contributed by atoms with E-state index in [0.717, 1.165) is 13.1 Å². The Hall–Kier alpha value is -0.790. The number of nitrogens with zero attached hydrogens (tertiary/aromatic N) is 1. The molecule has 0 aliphatic carbocycles. The molecule has 1 N–H and O–H groups in total. The molecule has 1 heterocycles. The molecule has 0 saturated heterocycles. The lowest BCUT2D eigenvalue weighted by Crippen LogP contribution is -2.04. The van der Waals surface area contributed by atoms with Crippen LogP contribution in [-0.2, 0) is 0 Å². The first kappa shape index (κ1) is 6.21. The number of aliphatic imine (C=N–C) groups is 1. The van der Waals surface area contributed by atoms with Crippen LogP contribution in [0.3, 0.4) is 0 Å². The normalized spacial score (nSPS) is 14.3. The maximum Gasteiger partial charge on any atom is 0.0825 e. The zero-order chi connectivity index (χ0) is 5.54. The van der Waals surface area contributed by atoms with E-state index in [1.165, 1.54) is 0 Å². The lowest BCUT2D eigenvalue weighted by molar-refractivity contribution is 0.965. The predicted octanol–water partition coefficient (Wildman–Crippen LogP) is 0.420. The molecule has 1 aliphatic rings. The molecule has 40 valence electrons. The molecule has 0 bridgehead atoms. The summed E-state index contributed by atoms with van der Waals surface area (Å²) in [5.74, 6) is 0. The minimum atomic E-state index is 0.958. The summed E-state index contributed by atoms with van der Waals surface area (Å²) in [5.41, 5.74) is 0. The average molecular weight is 98.1 g/mol. The molecule has 0 saturated carbocycles. The molecule has 0 amide bonds. The molecule has 0 aromatic heterocycles. The maximum atomic E-state index is 3.85. The molecule has 1 rings (SSSR count). The Bertz CT molecular complexity index is 53.1. The van der Waals surface area contributed by atoms with E-state index in [9.17, 15) is 0 Å². The molecule has 7 heavy (non-hydrogen) atoms. The summed E-state index contributed by atoms with van der Waals surface area (Å²) in [4.78, 5) is 3.85. The highest BCUT2D eigenvalue weighted by Gasteiger charge is 1.82. The maximum absolute atomic E-state index is 3.85. The van der Waals surface area contributed by atoms with Gasteiger partial charge in [-0.2, -0.15) is 0 Å². The first-order valence-electron chi connectivity index (χ1n) is 2.22. The van der Waals surface area contributed by atoms with Crippen molar-refractivity contribution in [1.29, 1.82) is 0 Å². The fraction of sp³-hybridized carbons (Fsp3) is 0.400. The van der Waals surface area contributed by atoms with Crippen molar-refractivity contribution in [2.75, 3.05) is 13.1 Å². The highest BCUT2D eigenvalue weighted by molar-refractivity contribution is 5.56. The van der Waals surface area contributed by atoms with Crippen LogP contribution in [0.15, 0.2) is 18.2 Å². The van der Waals surface area contributed by atoms with Crippen molar-refractivity contribution in [3.63, 3.8) is 0 Å². The monoisotopic (exact) mass is 98.1 g/mol. The Morgan fingerprint density at radius 1 is 1.57 bits per heavy atom. The summed E-state index contributed by atoms with van der Waals surface area (Å²) in [6, 6.07) is 0. The van der Waals surface area contributed by atoms with Gasteiger partial charge in [-0.1, -0.05) is 0 Å². The van der Waals surface area contributed by atoms with Crippen molar-refractivity contribution < 1.29 is 0 Å².